The van der Waals surface area contributed by atoms with E-state index in [4.69, 9.17) is 13.9 Å². The van der Waals surface area contributed by atoms with Crippen LogP contribution in [0.2, 0.25) is 0 Å². The van der Waals surface area contributed by atoms with E-state index in [9.17, 15) is 0 Å². The van der Waals surface area contributed by atoms with Crippen LogP contribution in [0.3, 0.4) is 0 Å². The Morgan fingerprint density at radius 3 is 2.63 bits per heavy atom. The van der Waals surface area contributed by atoms with Gasteiger partial charge < -0.3 is 19.2 Å². The van der Waals surface area contributed by atoms with Crippen molar-refractivity contribution in [3.63, 3.8) is 0 Å². The minimum atomic E-state index is -0.256. The SMILES string of the molecule is COc1ccc(C(Nc2cccnc2-c2ccoc2)OC2CCCC2)cc1. The summed E-state index contributed by atoms with van der Waals surface area (Å²) in [6.45, 7) is 0. The number of anilines is 1. The molecule has 5 heteroatoms. The lowest BCUT2D eigenvalue weighted by Crippen LogP contribution is -2.21. The molecular formula is C22H24N2O3. The van der Waals surface area contributed by atoms with Gasteiger partial charge >= 0.3 is 0 Å². The van der Waals surface area contributed by atoms with Crippen LogP contribution < -0.4 is 10.1 Å². The third-order valence-electron chi connectivity index (χ3n) is 4.94. The molecule has 0 amide bonds. The monoisotopic (exact) mass is 364 g/mol. The quantitative estimate of drug-likeness (QED) is 0.567. The van der Waals surface area contributed by atoms with Crippen molar-refractivity contribution in [3.8, 4) is 17.0 Å². The van der Waals surface area contributed by atoms with Gasteiger partial charge in [-0.05, 0) is 43.2 Å². The van der Waals surface area contributed by atoms with Gasteiger partial charge in [0, 0.05) is 17.3 Å². The van der Waals surface area contributed by atoms with Crippen LogP contribution in [0.5, 0.6) is 5.75 Å². The van der Waals surface area contributed by atoms with Crippen molar-refractivity contribution in [1.82, 2.24) is 4.98 Å². The van der Waals surface area contributed by atoms with Crippen molar-refractivity contribution in [2.75, 3.05) is 12.4 Å². The Labute approximate surface area is 159 Å². The van der Waals surface area contributed by atoms with Gasteiger partial charge in [-0.2, -0.15) is 0 Å². The molecular weight excluding hydrogens is 340 g/mol. The van der Waals surface area contributed by atoms with Gasteiger partial charge in [0.15, 0.2) is 6.23 Å². The highest BCUT2D eigenvalue weighted by molar-refractivity contribution is 5.73. The lowest BCUT2D eigenvalue weighted by atomic mass is 10.1. The Kier molecular flexibility index (Phi) is 5.39. The minimum Gasteiger partial charge on any atom is -0.497 e. The topological polar surface area (TPSA) is 56.5 Å². The van der Waals surface area contributed by atoms with E-state index in [0.717, 1.165) is 41.1 Å². The second-order valence-corrected chi connectivity index (χ2v) is 6.75. The summed E-state index contributed by atoms with van der Waals surface area (Å²) in [6, 6.07) is 13.9. The number of nitrogens with one attached hydrogen (secondary N) is 1. The maximum atomic E-state index is 6.44. The smallest absolute Gasteiger partial charge is 0.154 e. The summed E-state index contributed by atoms with van der Waals surface area (Å²) < 4.78 is 17.0. The summed E-state index contributed by atoms with van der Waals surface area (Å²) in [5, 5.41) is 3.55. The van der Waals surface area contributed by atoms with E-state index in [0.29, 0.717) is 0 Å². The Morgan fingerprint density at radius 1 is 1.11 bits per heavy atom. The van der Waals surface area contributed by atoms with Crippen molar-refractivity contribution in [1.29, 1.82) is 0 Å². The zero-order valence-electron chi connectivity index (χ0n) is 15.4. The van der Waals surface area contributed by atoms with Crippen molar-refractivity contribution < 1.29 is 13.9 Å². The van der Waals surface area contributed by atoms with E-state index in [1.54, 1.807) is 25.8 Å². The lowest BCUT2D eigenvalue weighted by molar-refractivity contribution is 0.00618. The van der Waals surface area contributed by atoms with Crippen LogP contribution in [-0.2, 0) is 4.74 Å². The van der Waals surface area contributed by atoms with Crippen LogP contribution >= 0.6 is 0 Å². The van der Waals surface area contributed by atoms with Crippen molar-refractivity contribution in [2.24, 2.45) is 0 Å². The van der Waals surface area contributed by atoms with Gasteiger partial charge in [0.2, 0.25) is 0 Å². The standard InChI is InChI=1S/C22H24N2O3/c1-25-18-10-8-16(9-11-18)22(27-19-5-2-3-6-19)24-20-7-4-13-23-21(20)17-12-14-26-15-17/h4,7-15,19,22,24H,2-3,5-6H2,1H3. The van der Waals surface area contributed by atoms with E-state index in [-0.39, 0.29) is 12.3 Å². The first-order valence-electron chi connectivity index (χ1n) is 9.37. The zero-order valence-corrected chi connectivity index (χ0v) is 15.4. The normalized spacial score (nSPS) is 15.6. The summed E-state index contributed by atoms with van der Waals surface area (Å²) in [7, 11) is 1.67. The van der Waals surface area contributed by atoms with Crippen LogP contribution in [0.15, 0.2) is 65.6 Å². The number of hydrogen-bond acceptors (Lipinski definition) is 5. The molecule has 27 heavy (non-hydrogen) atoms. The molecule has 4 rings (SSSR count). The molecule has 0 bridgehead atoms. The third kappa shape index (κ3) is 4.14. The molecule has 3 aromatic rings. The summed E-state index contributed by atoms with van der Waals surface area (Å²) >= 11 is 0. The number of rotatable bonds is 7. The third-order valence-corrected chi connectivity index (χ3v) is 4.94. The van der Waals surface area contributed by atoms with E-state index >= 15 is 0 Å². The van der Waals surface area contributed by atoms with Gasteiger partial charge in [-0.3, -0.25) is 4.98 Å². The van der Waals surface area contributed by atoms with Crippen LogP contribution in [0.1, 0.15) is 37.5 Å². The van der Waals surface area contributed by atoms with Gasteiger partial charge in [0.1, 0.15) is 5.75 Å². The first-order chi connectivity index (χ1) is 13.3. The Hall–Kier alpha value is -2.79. The molecule has 0 radical (unpaired) electrons. The second kappa shape index (κ2) is 8.27. The summed E-state index contributed by atoms with van der Waals surface area (Å²) in [5.74, 6) is 0.832. The molecule has 0 aliphatic heterocycles. The number of ether oxygens (including phenoxy) is 2. The summed E-state index contributed by atoms with van der Waals surface area (Å²) in [5.41, 5.74) is 3.76. The molecule has 1 unspecified atom stereocenters. The van der Waals surface area contributed by atoms with Crippen molar-refractivity contribution >= 4 is 5.69 Å². The van der Waals surface area contributed by atoms with Crippen LogP contribution in [0.4, 0.5) is 5.69 Å². The number of pyridine rings is 1. The minimum absolute atomic E-state index is 0.256. The van der Waals surface area contributed by atoms with Gasteiger partial charge in [-0.15, -0.1) is 0 Å². The lowest BCUT2D eigenvalue weighted by Gasteiger charge is -2.25. The molecule has 1 N–H and O–H groups in total. The number of furan rings is 1. The number of hydrogen-bond donors (Lipinski definition) is 1. The molecule has 1 atom stereocenters. The highest BCUT2D eigenvalue weighted by Crippen LogP contribution is 2.33. The van der Waals surface area contributed by atoms with E-state index < -0.39 is 0 Å². The highest BCUT2D eigenvalue weighted by atomic mass is 16.5. The largest absolute Gasteiger partial charge is 0.497 e. The maximum Gasteiger partial charge on any atom is 0.154 e. The molecule has 2 aromatic heterocycles. The highest BCUT2D eigenvalue weighted by Gasteiger charge is 2.23. The molecule has 1 aliphatic rings. The Balaban J connectivity index is 1.62. The molecule has 0 spiro atoms. The number of nitrogens with zero attached hydrogens (tertiary/aromatic N) is 1. The Bertz CT molecular complexity index is 840. The van der Waals surface area contributed by atoms with E-state index in [1.165, 1.54) is 12.8 Å². The molecule has 5 nitrogen and oxygen atoms in total. The second-order valence-electron chi connectivity index (χ2n) is 6.75. The molecule has 140 valence electrons. The average Bonchev–Trinajstić information content (AvgIpc) is 3.42. The van der Waals surface area contributed by atoms with Crippen LogP contribution in [0, 0.1) is 0 Å². The van der Waals surface area contributed by atoms with E-state index in [2.05, 4.69) is 10.3 Å². The summed E-state index contributed by atoms with van der Waals surface area (Å²) in [4.78, 5) is 4.53. The predicted octanol–water partition coefficient (Wildman–Crippen LogP) is 5.42. The van der Waals surface area contributed by atoms with E-state index in [1.807, 2.05) is 42.5 Å². The van der Waals surface area contributed by atoms with Gasteiger partial charge in [0.05, 0.1) is 37.1 Å². The molecule has 1 aromatic carbocycles. The maximum absolute atomic E-state index is 6.44. The first kappa shape index (κ1) is 17.6. The molecule has 0 saturated heterocycles. The first-order valence-corrected chi connectivity index (χ1v) is 9.37. The van der Waals surface area contributed by atoms with Gasteiger partial charge in [-0.25, -0.2) is 0 Å². The predicted molar refractivity (Wildman–Crippen MR) is 105 cm³/mol. The summed E-state index contributed by atoms with van der Waals surface area (Å²) in [6.07, 6.45) is 9.84. The fraction of sp³-hybridized carbons (Fsp3) is 0.318. The average molecular weight is 364 g/mol. The fourth-order valence-electron chi connectivity index (χ4n) is 3.48. The van der Waals surface area contributed by atoms with Crippen molar-refractivity contribution in [2.45, 2.75) is 38.0 Å². The van der Waals surface area contributed by atoms with Gasteiger partial charge in [0.25, 0.3) is 0 Å². The molecule has 1 saturated carbocycles. The number of aromatic nitrogens is 1. The van der Waals surface area contributed by atoms with Crippen LogP contribution in [-0.4, -0.2) is 18.2 Å². The fourth-order valence-corrected chi connectivity index (χ4v) is 3.48. The van der Waals surface area contributed by atoms with Crippen molar-refractivity contribution in [3.05, 3.63) is 66.8 Å². The van der Waals surface area contributed by atoms with Gasteiger partial charge in [-0.1, -0.05) is 25.0 Å². The molecule has 2 heterocycles. The van der Waals surface area contributed by atoms with Crippen LogP contribution in [0.25, 0.3) is 11.3 Å². The number of benzene rings is 1. The number of methoxy groups -OCH3 is 1. The molecule has 1 aliphatic carbocycles. The zero-order chi connectivity index (χ0) is 18.5. The molecule has 1 fully saturated rings. The Morgan fingerprint density at radius 2 is 1.93 bits per heavy atom.